The molecule has 0 bridgehead atoms. The third-order valence-electron chi connectivity index (χ3n) is 3.62. The van der Waals surface area contributed by atoms with Crippen molar-refractivity contribution in [3.05, 3.63) is 69.2 Å². The van der Waals surface area contributed by atoms with E-state index in [0.717, 1.165) is 22.6 Å². The molecule has 0 saturated carbocycles. The van der Waals surface area contributed by atoms with Crippen molar-refractivity contribution >= 4 is 11.6 Å². The van der Waals surface area contributed by atoms with Crippen LogP contribution in [0.25, 0.3) is 0 Å². The van der Waals surface area contributed by atoms with E-state index in [-0.39, 0.29) is 6.04 Å². The smallest absolute Gasteiger partial charge is 0.0456 e. The van der Waals surface area contributed by atoms with Crippen molar-refractivity contribution in [2.45, 2.75) is 33.2 Å². The number of halogens is 1. The molecule has 0 aliphatic heterocycles. The number of rotatable bonds is 3. The zero-order valence-corrected chi connectivity index (χ0v) is 12.5. The Balaban J connectivity index is 2.28. The molecule has 0 heterocycles. The topological polar surface area (TPSA) is 26.0 Å². The van der Waals surface area contributed by atoms with Gasteiger partial charge in [0, 0.05) is 11.1 Å². The van der Waals surface area contributed by atoms with Crippen LogP contribution in [-0.4, -0.2) is 0 Å². The Labute approximate surface area is 120 Å². The molecule has 1 atom stereocenters. The lowest BCUT2D eigenvalue weighted by molar-refractivity contribution is 0.715. The first-order valence-electron chi connectivity index (χ1n) is 6.55. The van der Waals surface area contributed by atoms with Gasteiger partial charge in [-0.25, -0.2) is 0 Å². The van der Waals surface area contributed by atoms with E-state index in [4.69, 9.17) is 17.3 Å². The van der Waals surface area contributed by atoms with Crippen LogP contribution in [0.4, 0.5) is 0 Å². The summed E-state index contributed by atoms with van der Waals surface area (Å²) >= 11 is 6.29. The van der Waals surface area contributed by atoms with Crippen molar-refractivity contribution < 1.29 is 0 Å². The summed E-state index contributed by atoms with van der Waals surface area (Å²) in [6.45, 7) is 6.30. The quantitative estimate of drug-likeness (QED) is 0.875. The van der Waals surface area contributed by atoms with Crippen molar-refractivity contribution in [2.24, 2.45) is 5.73 Å². The number of benzene rings is 2. The van der Waals surface area contributed by atoms with Crippen LogP contribution in [0.5, 0.6) is 0 Å². The summed E-state index contributed by atoms with van der Waals surface area (Å²) in [5, 5.41) is 0.763. The molecule has 19 heavy (non-hydrogen) atoms. The van der Waals surface area contributed by atoms with Crippen molar-refractivity contribution in [1.29, 1.82) is 0 Å². The van der Waals surface area contributed by atoms with Crippen molar-refractivity contribution in [3.63, 3.8) is 0 Å². The fraction of sp³-hybridized carbons (Fsp3) is 0.294. The molecule has 0 aliphatic rings. The van der Waals surface area contributed by atoms with E-state index in [0.29, 0.717) is 0 Å². The number of hydrogen-bond donors (Lipinski definition) is 1. The SMILES string of the molecule is Cc1ccc(C(N)Cc2c(C)cccc2C)c(Cl)c1. The van der Waals surface area contributed by atoms with Crippen LogP contribution in [0.1, 0.15) is 33.9 Å². The molecule has 0 fully saturated rings. The van der Waals surface area contributed by atoms with Gasteiger partial charge in [-0.15, -0.1) is 0 Å². The first kappa shape index (κ1) is 14.1. The van der Waals surface area contributed by atoms with Gasteiger partial charge >= 0.3 is 0 Å². The maximum Gasteiger partial charge on any atom is 0.0456 e. The number of aryl methyl sites for hydroxylation is 3. The van der Waals surface area contributed by atoms with Gasteiger partial charge in [0.2, 0.25) is 0 Å². The van der Waals surface area contributed by atoms with E-state index in [1.807, 2.05) is 19.1 Å². The van der Waals surface area contributed by atoms with Gasteiger partial charge in [0.25, 0.3) is 0 Å². The molecule has 1 unspecified atom stereocenters. The predicted molar refractivity (Wildman–Crippen MR) is 82.7 cm³/mol. The molecular formula is C17H20ClN. The average molecular weight is 274 g/mol. The normalized spacial score (nSPS) is 12.5. The van der Waals surface area contributed by atoms with Crippen molar-refractivity contribution in [3.8, 4) is 0 Å². The van der Waals surface area contributed by atoms with E-state index in [1.165, 1.54) is 16.7 Å². The molecular weight excluding hydrogens is 254 g/mol. The minimum absolute atomic E-state index is 0.0621. The second-order valence-corrected chi connectivity index (χ2v) is 5.61. The van der Waals surface area contributed by atoms with E-state index in [1.54, 1.807) is 0 Å². The standard InChI is InChI=1S/C17H20ClN/c1-11-7-8-14(16(18)9-11)17(19)10-15-12(2)5-4-6-13(15)3/h4-9,17H,10,19H2,1-3H3. The lowest BCUT2D eigenvalue weighted by atomic mass is 9.93. The zero-order chi connectivity index (χ0) is 14.0. The van der Waals surface area contributed by atoms with Gasteiger partial charge in [-0.1, -0.05) is 41.9 Å². The average Bonchev–Trinajstić information content (AvgIpc) is 2.33. The molecule has 0 spiro atoms. The predicted octanol–water partition coefficient (Wildman–Crippen LogP) is 4.51. The third kappa shape index (κ3) is 3.17. The molecule has 0 aromatic heterocycles. The van der Waals surface area contributed by atoms with Crippen LogP contribution >= 0.6 is 11.6 Å². The van der Waals surface area contributed by atoms with E-state index in [9.17, 15) is 0 Å². The van der Waals surface area contributed by atoms with Crippen molar-refractivity contribution in [2.75, 3.05) is 0 Å². The third-order valence-corrected chi connectivity index (χ3v) is 3.95. The minimum Gasteiger partial charge on any atom is -0.324 e. The van der Waals surface area contributed by atoms with E-state index in [2.05, 4.69) is 38.1 Å². The first-order chi connectivity index (χ1) is 8.99. The van der Waals surface area contributed by atoms with Gasteiger partial charge in [0.15, 0.2) is 0 Å². The fourth-order valence-corrected chi connectivity index (χ4v) is 2.81. The molecule has 2 N–H and O–H groups in total. The highest BCUT2D eigenvalue weighted by molar-refractivity contribution is 6.31. The molecule has 1 nitrogen and oxygen atoms in total. The van der Waals surface area contributed by atoms with Gasteiger partial charge in [-0.2, -0.15) is 0 Å². The summed E-state index contributed by atoms with van der Waals surface area (Å²) in [4.78, 5) is 0. The Morgan fingerprint density at radius 2 is 1.68 bits per heavy atom. The summed E-state index contributed by atoms with van der Waals surface area (Å²) in [5.41, 5.74) is 12.4. The Kier molecular flexibility index (Phi) is 4.28. The molecule has 0 radical (unpaired) electrons. The fourth-order valence-electron chi connectivity index (χ4n) is 2.43. The zero-order valence-electron chi connectivity index (χ0n) is 11.7. The largest absolute Gasteiger partial charge is 0.324 e. The molecule has 2 heteroatoms. The lowest BCUT2D eigenvalue weighted by Gasteiger charge is -2.17. The molecule has 0 saturated heterocycles. The highest BCUT2D eigenvalue weighted by atomic mass is 35.5. The second kappa shape index (κ2) is 5.77. The van der Waals surface area contributed by atoms with Gasteiger partial charge in [-0.3, -0.25) is 0 Å². The number of nitrogens with two attached hydrogens (primary N) is 1. The number of hydrogen-bond acceptors (Lipinski definition) is 1. The summed E-state index contributed by atoms with van der Waals surface area (Å²) in [6, 6.07) is 12.4. The van der Waals surface area contributed by atoms with Crippen LogP contribution in [-0.2, 0) is 6.42 Å². The molecule has 2 aromatic carbocycles. The van der Waals surface area contributed by atoms with Gasteiger partial charge < -0.3 is 5.73 Å². The first-order valence-corrected chi connectivity index (χ1v) is 6.93. The van der Waals surface area contributed by atoms with Crippen LogP contribution < -0.4 is 5.73 Å². The highest BCUT2D eigenvalue weighted by Crippen LogP contribution is 2.27. The summed E-state index contributed by atoms with van der Waals surface area (Å²) in [7, 11) is 0. The molecule has 2 aromatic rings. The molecule has 0 aliphatic carbocycles. The van der Waals surface area contributed by atoms with Crippen molar-refractivity contribution in [1.82, 2.24) is 0 Å². The minimum atomic E-state index is -0.0621. The van der Waals surface area contributed by atoms with Crippen LogP contribution in [0.2, 0.25) is 5.02 Å². The summed E-state index contributed by atoms with van der Waals surface area (Å²) in [5.74, 6) is 0. The van der Waals surface area contributed by atoms with Crippen LogP contribution in [0.3, 0.4) is 0 Å². The molecule has 2 rings (SSSR count). The maximum atomic E-state index is 6.33. The molecule has 0 amide bonds. The summed E-state index contributed by atoms with van der Waals surface area (Å²) in [6.07, 6.45) is 0.821. The highest BCUT2D eigenvalue weighted by Gasteiger charge is 2.13. The Morgan fingerprint density at radius 1 is 1.05 bits per heavy atom. The van der Waals surface area contributed by atoms with Gasteiger partial charge in [0.05, 0.1) is 0 Å². The Bertz CT molecular complexity index is 570. The Morgan fingerprint density at radius 3 is 2.26 bits per heavy atom. The Hall–Kier alpha value is -1.31. The molecule has 100 valence electrons. The van der Waals surface area contributed by atoms with Gasteiger partial charge in [-0.05, 0) is 61.1 Å². The van der Waals surface area contributed by atoms with Crippen LogP contribution in [0.15, 0.2) is 36.4 Å². The maximum absolute atomic E-state index is 6.33. The lowest BCUT2D eigenvalue weighted by Crippen LogP contribution is -2.15. The van der Waals surface area contributed by atoms with E-state index < -0.39 is 0 Å². The van der Waals surface area contributed by atoms with Gasteiger partial charge in [0.1, 0.15) is 0 Å². The second-order valence-electron chi connectivity index (χ2n) is 5.21. The summed E-state index contributed by atoms with van der Waals surface area (Å²) < 4.78 is 0. The monoisotopic (exact) mass is 273 g/mol. The van der Waals surface area contributed by atoms with Crippen LogP contribution in [0, 0.1) is 20.8 Å². The van der Waals surface area contributed by atoms with E-state index >= 15 is 0 Å².